The molecule has 3 heteroatoms. The third kappa shape index (κ3) is 2.34. The summed E-state index contributed by atoms with van der Waals surface area (Å²) in [6.45, 7) is 3.80. The summed E-state index contributed by atoms with van der Waals surface area (Å²) in [4.78, 5) is 0. The largest absolute Gasteiger partial charge is 0.315 e. The van der Waals surface area contributed by atoms with Gasteiger partial charge in [0.15, 0.2) is 11.6 Å². The van der Waals surface area contributed by atoms with E-state index in [-0.39, 0.29) is 5.41 Å². The first-order valence-corrected chi connectivity index (χ1v) is 6.81. The molecule has 0 spiro atoms. The molecule has 3 rings (SSSR count). The monoisotopic (exact) mass is 273 g/mol. The maximum Gasteiger partial charge on any atom is 0.159 e. The minimum Gasteiger partial charge on any atom is -0.315 e. The molecule has 1 aliphatic rings. The zero-order valence-corrected chi connectivity index (χ0v) is 11.4. The SMILES string of the molecule is Cc1ccc(C2(Cc3ccc(F)c(F)c3)CNC2)cc1. The van der Waals surface area contributed by atoms with Crippen LogP contribution in [0, 0.1) is 18.6 Å². The Balaban J connectivity index is 1.89. The molecule has 0 bridgehead atoms. The van der Waals surface area contributed by atoms with Crippen molar-refractivity contribution >= 4 is 0 Å². The number of rotatable bonds is 3. The molecular weight excluding hydrogens is 256 g/mol. The summed E-state index contributed by atoms with van der Waals surface area (Å²) in [5, 5.41) is 3.29. The molecule has 2 aromatic rings. The highest BCUT2D eigenvalue weighted by atomic mass is 19.2. The second-order valence-corrected chi connectivity index (χ2v) is 5.68. The molecule has 1 aliphatic heterocycles. The van der Waals surface area contributed by atoms with Gasteiger partial charge in [0.25, 0.3) is 0 Å². The van der Waals surface area contributed by atoms with Gasteiger partial charge in [-0.15, -0.1) is 0 Å². The lowest BCUT2D eigenvalue weighted by molar-refractivity contribution is 0.274. The van der Waals surface area contributed by atoms with Gasteiger partial charge in [0.2, 0.25) is 0 Å². The van der Waals surface area contributed by atoms with Crippen molar-refractivity contribution in [1.29, 1.82) is 0 Å². The van der Waals surface area contributed by atoms with Gasteiger partial charge in [-0.25, -0.2) is 8.78 Å². The molecule has 0 radical (unpaired) electrons. The Morgan fingerprint density at radius 2 is 1.70 bits per heavy atom. The van der Waals surface area contributed by atoms with E-state index in [1.807, 2.05) is 0 Å². The molecule has 0 atom stereocenters. The van der Waals surface area contributed by atoms with Gasteiger partial charge in [-0.3, -0.25) is 0 Å². The van der Waals surface area contributed by atoms with Gasteiger partial charge < -0.3 is 5.32 Å². The van der Waals surface area contributed by atoms with E-state index in [0.29, 0.717) is 0 Å². The Hall–Kier alpha value is -1.74. The highest BCUT2D eigenvalue weighted by Gasteiger charge is 2.38. The van der Waals surface area contributed by atoms with Gasteiger partial charge in [-0.05, 0) is 36.6 Å². The smallest absolute Gasteiger partial charge is 0.159 e. The molecule has 0 unspecified atom stereocenters. The molecule has 1 saturated heterocycles. The molecule has 1 nitrogen and oxygen atoms in total. The molecule has 1 N–H and O–H groups in total. The van der Waals surface area contributed by atoms with Crippen molar-refractivity contribution in [2.45, 2.75) is 18.8 Å². The van der Waals surface area contributed by atoms with Crippen LogP contribution in [-0.2, 0) is 11.8 Å². The van der Waals surface area contributed by atoms with E-state index >= 15 is 0 Å². The molecule has 104 valence electrons. The van der Waals surface area contributed by atoms with E-state index in [4.69, 9.17) is 0 Å². The molecular formula is C17H17F2N. The number of halogens is 2. The van der Waals surface area contributed by atoms with Crippen molar-refractivity contribution in [2.75, 3.05) is 13.1 Å². The second kappa shape index (κ2) is 4.98. The van der Waals surface area contributed by atoms with Crippen LogP contribution in [0.2, 0.25) is 0 Å². The van der Waals surface area contributed by atoms with E-state index in [9.17, 15) is 8.78 Å². The molecule has 20 heavy (non-hydrogen) atoms. The van der Waals surface area contributed by atoms with E-state index in [1.165, 1.54) is 23.3 Å². The summed E-state index contributed by atoms with van der Waals surface area (Å²) in [5.41, 5.74) is 3.32. The fraction of sp³-hybridized carbons (Fsp3) is 0.294. The lowest BCUT2D eigenvalue weighted by atomic mass is 9.71. The number of aryl methyl sites for hydroxylation is 1. The Labute approximate surface area is 117 Å². The first-order chi connectivity index (χ1) is 9.59. The third-order valence-electron chi connectivity index (χ3n) is 4.12. The van der Waals surface area contributed by atoms with Crippen LogP contribution in [0.4, 0.5) is 8.78 Å². The zero-order chi connectivity index (χ0) is 14.2. The maximum atomic E-state index is 13.3. The predicted molar refractivity (Wildman–Crippen MR) is 75.8 cm³/mol. The highest BCUT2D eigenvalue weighted by Crippen LogP contribution is 2.33. The quantitative estimate of drug-likeness (QED) is 0.904. The summed E-state index contributed by atoms with van der Waals surface area (Å²) in [6.07, 6.45) is 0.722. The summed E-state index contributed by atoms with van der Waals surface area (Å²) in [7, 11) is 0. The first-order valence-electron chi connectivity index (χ1n) is 6.81. The Morgan fingerprint density at radius 3 is 2.25 bits per heavy atom. The van der Waals surface area contributed by atoms with Crippen LogP contribution in [0.3, 0.4) is 0 Å². The van der Waals surface area contributed by atoms with Gasteiger partial charge in [0.1, 0.15) is 0 Å². The van der Waals surface area contributed by atoms with E-state index < -0.39 is 11.6 Å². The van der Waals surface area contributed by atoms with Crippen LogP contribution in [0.1, 0.15) is 16.7 Å². The molecule has 1 heterocycles. The maximum absolute atomic E-state index is 13.3. The number of hydrogen-bond donors (Lipinski definition) is 1. The second-order valence-electron chi connectivity index (χ2n) is 5.68. The number of nitrogens with one attached hydrogen (secondary N) is 1. The van der Waals surface area contributed by atoms with Crippen molar-refractivity contribution in [2.24, 2.45) is 0 Å². The van der Waals surface area contributed by atoms with Crippen LogP contribution < -0.4 is 5.32 Å². The molecule has 1 fully saturated rings. The highest BCUT2D eigenvalue weighted by molar-refractivity contribution is 5.35. The normalized spacial score (nSPS) is 16.8. The van der Waals surface area contributed by atoms with Crippen molar-refractivity contribution in [3.63, 3.8) is 0 Å². The lowest BCUT2D eigenvalue weighted by Gasteiger charge is -2.43. The van der Waals surface area contributed by atoms with Crippen molar-refractivity contribution in [3.8, 4) is 0 Å². The van der Waals surface area contributed by atoms with E-state index in [0.717, 1.165) is 25.1 Å². The average molecular weight is 273 g/mol. The van der Waals surface area contributed by atoms with Crippen LogP contribution in [0.15, 0.2) is 42.5 Å². The zero-order valence-electron chi connectivity index (χ0n) is 11.4. The Kier molecular flexibility index (Phi) is 3.30. The summed E-state index contributed by atoms with van der Waals surface area (Å²) in [5.74, 6) is -1.56. The van der Waals surface area contributed by atoms with Gasteiger partial charge >= 0.3 is 0 Å². The average Bonchev–Trinajstić information content (AvgIpc) is 2.39. The van der Waals surface area contributed by atoms with Crippen molar-refractivity contribution in [3.05, 3.63) is 70.8 Å². The Morgan fingerprint density at radius 1 is 1.00 bits per heavy atom. The Bertz CT molecular complexity index is 615. The summed E-state index contributed by atoms with van der Waals surface area (Å²) in [6, 6.07) is 12.7. The van der Waals surface area contributed by atoms with Gasteiger partial charge in [-0.2, -0.15) is 0 Å². The van der Waals surface area contributed by atoms with Gasteiger partial charge in [-0.1, -0.05) is 35.9 Å². The molecule has 0 aliphatic carbocycles. The lowest BCUT2D eigenvalue weighted by Crippen LogP contribution is -2.58. The minimum atomic E-state index is -0.787. The van der Waals surface area contributed by atoms with E-state index in [2.05, 4.69) is 36.5 Å². The fourth-order valence-corrected chi connectivity index (χ4v) is 2.81. The summed E-state index contributed by atoms with van der Waals surface area (Å²) < 4.78 is 26.3. The summed E-state index contributed by atoms with van der Waals surface area (Å²) >= 11 is 0. The van der Waals surface area contributed by atoms with Crippen LogP contribution in [0.5, 0.6) is 0 Å². The molecule has 0 saturated carbocycles. The van der Waals surface area contributed by atoms with Gasteiger partial charge in [0, 0.05) is 18.5 Å². The molecule has 0 amide bonds. The van der Waals surface area contributed by atoms with E-state index in [1.54, 1.807) is 6.07 Å². The van der Waals surface area contributed by atoms with Crippen LogP contribution in [-0.4, -0.2) is 13.1 Å². The standard InChI is InChI=1S/C17H17F2N/c1-12-2-5-14(6-3-12)17(10-20-11-17)9-13-4-7-15(18)16(19)8-13/h2-8,20H,9-11H2,1H3. The van der Waals surface area contributed by atoms with Crippen LogP contribution >= 0.6 is 0 Å². The van der Waals surface area contributed by atoms with Crippen LogP contribution in [0.25, 0.3) is 0 Å². The molecule has 0 aromatic heterocycles. The fourth-order valence-electron chi connectivity index (χ4n) is 2.81. The van der Waals surface area contributed by atoms with Gasteiger partial charge in [0.05, 0.1) is 0 Å². The predicted octanol–water partition coefficient (Wildman–Crippen LogP) is 3.36. The topological polar surface area (TPSA) is 12.0 Å². The number of hydrogen-bond acceptors (Lipinski definition) is 1. The van der Waals surface area contributed by atoms with Crippen molar-refractivity contribution < 1.29 is 8.78 Å². The number of benzene rings is 2. The third-order valence-corrected chi connectivity index (χ3v) is 4.12. The van der Waals surface area contributed by atoms with Crippen molar-refractivity contribution in [1.82, 2.24) is 5.32 Å². The first kappa shape index (κ1) is 13.3. The molecule has 2 aromatic carbocycles. The minimum absolute atomic E-state index is 0.00201.